The van der Waals surface area contributed by atoms with Crippen LogP contribution >= 0.6 is 0 Å². The van der Waals surface area contributed by atoms with E-state index < -0.39 is 0 Å². The molecule has 0 aliphatic carbocycles. The van der Waals surface area contributed by atoms with E-state index in [1.165, 1.54) is 5.56 Å². The fraction of sp³-hybridized carbons (Fsp3) is 0.500. The van der Waals surface area contributed by atoms with Crippen molar-refractivity contribution >= 4 is 0 Å². The SMILES string of the molecule is COc1ccc(C[C@H]2CNCCN2)cc1. The summed E-state index contributed by atoms with van der Waals surface area (Å²) in [6, 6.07) is 8.87. The Morgan fingerprint density at radius 2 is 2.07 bits per heavy atom. The molecule has 1 aromatic rings. The zero-order valence-corrected chi connectivity index (χ0v) is 9.12. The van der Waals surface area contributed by atoms with E-state index in [-0.39, 0.29) is 0 Å². The number of rotatable bonds is 3. The highest BCUT2D eigenvalue weighted by Gasteiger charge is 2.11. The van der Waals surface area contributed by atoms with Crippen LogP contribution in [0.1, 0.15) is 5.56 Å². The number of benzene rings is 1. The van der Waals surface area contributed by atoms with Crippen molar-refractivity contribution in [2.45, 2.75) is 12.5 Å². The lowest BCUT2D eigenvalue weighted by Gasteiger charge is -2.24. The van der Waals surface area contributed by atoms with E-state index in [2.05, 4.69) is 22.8 Å². The van der Waals surface area contributed by atoms with Crippen molar-refractivity contribution in [3.05, 3.63) is 29.8 Å². The van der Waals surface area contributed by atoms with Gasteiger partial charge in [0.2, 0.25) is 0 Å². The molecule has 0 amide bonds. The van der Waals surface area contributed by atoms with Gasteiger partial charge in [-0.15, -0.1) is 0 Å². The van der Waals surface area contributed by atoms with Gasteiger partial charge in [0, 0.05) is 25.7 Å². The zero-order chi connectivity index (χ0) is 10.5. The van der Waals surface area contributed by atoms with Crippen molar-refractivity contribution in [2.75, 3.05) is 26.7 Å². The molecule has 3 nitrogen and oxygen atoms in total. The molecule has 0 bridgehead atoms. The topological polar surface area (TPSA) is 33.3 Å². The Labute approximate surface area is 90.8 Å². The number of piperazine rings is 1. The summed E-state index contributed by atoms with van der Waals surface area (Å²) in [5.41, 5.74) is 1.36. The number of hydrogen-bond acceptors (Lipinski definition) is 3. The normalized spacial score (nSPS) is 21.3. The first kappa shape index (κ1) is 10.5. The monoisotopic (exact) mass is 206 g/mol. The Morgan fingerprint density at radius 3 is 2.67 bits per heavy atom. The van der Waals surface area contributed by atoms with Crippen LogP contribution in [0.5, 0.6) is 5.75 Å². The minimum atomic E-state index is 0.562. The molecule has 15 heavy (non-hydrogen) atoms. The highest BCUT2D eigenvalue weighted by Crippen LogP contribution is 2.12. The van der Waals surface area contributed by atoms with E-state index in [1.807, 2.05) is 12.1 Å². The molecule has 3 heteroatoms. The fourth-order valence-corrected chi connectivity index (χ4v) is 1.90. The molecule has 2 N–H and O–H groups in total. The minimum absolute atomic E-state index is 0.562. The summed E-state index contributed by atoms with van der Waals surface area (Å²) in [5, 5.41) is 6.89. The third-order valence-electron chi connectivity index (χ3n) is 2.77. The third kappa shape index (κ3) is 2.94. The van der Waals surface area contributed by atoms with Crippen molar-refractivity contribution in [1.82, 2.24) is 10.6 Å². The van der Waals surface area contributed by atoms with Crippen molar-refractivity contribution in [1.29, 1.82) is 0 Å². The molecule has 1 aromatic carbocycles. The second-order valence-corrected chi connectivity index (χ2v) is 3.91. The van der Waals surface area contributed by atoms with Crippen LogP contribution < -0.4 is 15.4 Å². The van der Waals surface area contributed by atoms with Gasteiger partial charge in [-0.25, -0.2) is 0 Å². The maximum Gasteiger partial charge on any atom is 0.118 e. The van der Waals surface area contributed by atoms with E-state index in [0.717, 1.165) is 31.8 Å². The summed E-state index contributed by atoms with van der Waals surface area (Å²) in [4.78, 5) is 0. The summed E-state index contributed by atoms with van der Waals surface area (Å²) in [6.45, 7) is 3.21. The van der Waals surface area contributed by atoms with Gasteiger partial charge in [-0.05, 0) is 24.1 Å². The minimum Gasteiger partial charge on any atom is -0.497 e. The average molecular weight is 206 g/mol. The highest BCUT2D eigenvalue weighted by molar-refractivity contribution is 5.27. The van der Waals surface area contributed by atoms with E-state index in [1.54, 1.807) is 7.11 Å². The first-order valence-corrected chi connectivity index (χ1v) is 5.45. The lowest BCUT2D eigenvalue weighted by Crippen LogP contribution is -2.49. The molecule has 1 heterocycles. The number of nitrogens with one attached hydrogen (secondary N) is 2. The average Bonchev–Trinajstić information content (AvgIpc) is 2.31. The van der Waals surface area contributed by atoms with Crippen LogP contribution in [0, 0.1) is 0 Å². The molecule has 0 saturated carbocycles. The van der Waals surface area contributed by atoms with Crippen molar-refractivity contribution in [3.63, 3.8) is 0 Å². The maximum atomic E-state index is 5.13. The lowest BCUT2D eigenvalue weighted by atomic mass is 10.0. The van der Waals surface area contributed by atoms with E-state index >= 15 is 0 Å². The van der Waals surface area contributed by atoms with Crippen LogP contribution in [0.15, 0.2) is 24.3 Å². The van der Waals surface area contributed by atoms with Crippen LogP contribution in [-0.4, -0.2) is 32.8 Å². The maximum absolute atomic E-state index is 5.13. The Balaban J connectivity index is 1.91. The van der Waals surface area contributed by atoms with E-state index in [0.29, 0.717) is 6.04 Å². The molecular formula is C12H18N2O. The summed E-state index contributed by atoms with van der Waals surface area (Å²) < 4.78 is 5.13. The Hall–Kier alpha value is -1.06. The summed E-state index contributed by atoms with van der Waals surface area (Å²) in [7, 11) is 1.70. The smallest absolute Gasteiger partial charge is 0.118 e. The fourth-order valence-electron chi connectivity index (χ4n) is 1.90. The first-order chi connectivity index (χ1) is 7.38. The molecule has 0 spiro atoms. The molecule has 1 fully saturated rings. The van der Waals surface area contributed by atoms with Gasteiger partial charge in [0.1, 0.15) is 5.75 Å². The van der Waals surface area contributed by atoms with Gasteiger partial charge in [-0.3, -0.25) is 0 Å². The molecule has 82 valence electrons. The molecule has 1 atom stereocenters. The lowest BCUT2D eigenvalue weighted by molar-refractivity contribution is 0.411. The first-order valence-electron chi connectivity index (χ1n) is 5.45. The number of methoxy groups -OCH3 is 1. The largest absolute Gasteiger partial charge is 0.497 e. The van der Waals surface area contributed by atoms with Gasteiger partial charge < -0.3 is 15.4 Å². The number of hydrogen-bond donors (Lipinski definition) is 2. The predicted octanol–water partition coefficient (Wildman–Crippen LogP) is 0.799. The third-order valence-corrected chi connectivity index (χ3v) is 2.77. The van der Waals surface area contributed by atoms with Gasteiger partial charge >= 0.3 is 0 Å². The van der Waals surface area contributed by atoms with Gasteiger partial charge in [0.15, 0.2) is 0 Å². The van der Waals surface area contributed by atoms with Crippen LogP contribution in [0.4, 0.5) is 0 Å². The molecule has 1 aliphatic heterocycles. The predicted molar refractivity (Wildman–Crippen MR) is 61.4 cm³/mol. The Bertz CT molecular complexity index is 291. The molecule has 0 radical (unpaired) electrons. The second-order valence-electron chi connectivity index (χ2n) is 3.91. The van der Waals surface area contributed by atoms with E-state index in [4.69, 9.17) is 4.74 Å². The molecule has 0 aromatic heterocycles. The van der Waals surface area contributed by atoms with E-state index in [9.17, 15) is 0 Å². The van der Waals surface area contributed by atoms with Gasteiger partial charge in [-0.2, -0.15) is 0 Å². The number of ether oxygens (including phenoxy) is 1. The standard InChI is InChI=1S/C12H18N2O/c1-15-12-4-2-10(3-5-12)8-11-9-13-6-7-14-11/h2-5,11,13-14H,6-9H2,1H3/t11-/m0/s1. The molecule has 1 saturated heterocycles. The quantitative estimate of drug-likeness (QED) is 0.767. The molecule has 0 unspecified atom stereocenters. The molecule has 1 aliphatic rings. The van der Waals surface area contributed by atoms with Crippen molar-refractivity contribution < 1.29 is 4.74 Å². The summed E-state index contributed by atoms with van der Waals surface area (Å²) in [6.07, 6.45) is 1.08. The van der Waals surface area contributed by atoms with Crippen molar-refractivity contribution in [2.24, 2.45) is 0 Å². The highest BCUT2D eigenvalue weighted by atomic mass is 16.5. The van der Waals surface area contributed by atoms with Gasteiger partial charge in [0.25, 0.3) is 0 Å². The summed E-state index contributed by atoms with van der Waals surface area (Å²) in [5.74, 6) is 0.925. The molecular weight excluding hydrogens is 188 g/mol. The van der Waals surface area contributed by atoms with Crippen LogP contribution in [0.25, 0.3) is 0 Å². The molecule has 2 rings (SSSR count). The van der Waals surface area contributed by atoms with Crippen LogP contribution in [0.3, 0.4) is 0 Å². The van der Waals surface area contributed by atoms with Crippen molar-refractivity contribution in [3.8, 4) is 5.75 Å². The van der Waals surface area contributed by atoms with Gasteiger partial charge in [0.05, 0.1) is 7.11 Å². The van der Waals surface area contributed by atoms with Crippen LogP contribution in [-0.2, 0) is 6.42 Å². The second kappa shape index (κ2) is 5.14. The summed E-state index contributed by atoms with van der Waals surface area (Å²) >= 11 is 0. The zero-order valence-electron chi connectivity index (χ0n) is 9.12. The Kier molecular flexibility index (Phi) is 3.59. The van der Waals surface area contributed by atoms with Crippen LogP contribution in [0.2, 0.25) is 0 Å². The van der Waals surface area contributed by atoms with Gasteiger partial charge in [-0.1, -0.05) is 12.1 Å². The Morgan fingerprint density at radius 1 is 1.27 bits per heavy atom.